The maximum atomic E-state index is 12.4. The number of carbonyl (C=O) groups excluding carboxylic acids is 3. The Balaban J connectivity index is 1.51. The number of aromatic amines is 1. The molecule has 3 aromatic rings. The molecule has 0 aliphatic heterocycles. The summed E-state index contributed by atoms with van der Waals surface area (Å²) < 4.78 is 5.16. The molecule has 3 rings (SSSR count). The number of aromatic nitrogens is 2. The number of ketones is 1. The highest BCUT2D eigenvalue weighted by Crippen LogP contribution is 2.26. The summed E-state index contributed by atoms with van der Waals surface area (Å²) in [7, 11) is 0. The lowest BCUT2D eigenvalue weighted by atomic mass is 10.1. The van der Waals surface area contributed by atoms with E-state index < -0.39 is 11.2 Å². The van der Waals surface area contributed by atoms with Gasteiger partial charge in [0.15, 0.2) is 12.4 Å². The van der Waals surface area contributed by atoms with Gasteiger partial charge in [-0.05, 0) is 50.6 Å². The van der Waals surface area contributed by atoms with Crippen LogP contribution >= 0.6 is 23.1 Å². The first-order valence-electron chi connectivity index (χ1n) is 10.4. The molecule has 0 aliphatic rings. The van der Waals surface area contributed by atoms with Crippen LogP contribution in [-0.2, 0) is 20.1 Å². The van der Waals surface area contributed by atoms with Gasteiger partial charge in [0.05, 0.1) is 11.1 Å². The van der Waals surface area contributed by atoms with Crippen molar-refractivity contribution < 1.29 is 19.1 Å². The van der Waals surface area contributed by atoms with E-state index >= 15 is 0 Å². The van der Waals surface area contributed by atoms with Crippen LogP contribution in [0.25, 0.3) is 10.2 Å². The highest BCUT2D eigenvalue weighted by Gasteiger charge is 2.19. The molecule has 2 N–H and O–H groups in total. The quantitative estimate of drug-likeness (QED) is 0.346. The van der Waals surface area contributed by atoms with E-state index in [1.165, 1.54) is 23.1 Å². The Labute approximate surface area is 199 Å². The van der Waals surface area contributed by atoms with Gasteiger partial charge < -0.3 is 15.0 Å². The molecule has 0 unspecified atom stereocenters. The Morgan fingerprint density at radius 1 is 1.21 bits per heavy atom. The molecule has 2 aromatic heterocycles. The van der Waals surface area contributed by atoms with E-state index in [9.17, 15) is 19.2 Å². The Hall–Kier alpha value is -2.98. The van der Waals surface area contributed by atoms with Gasteiger partial charge in [-0.25, -0.2) is 4.98 Å². The van der Waals surface area contributed by atoms with Gasteiger partial charge in [0, 0.05) is 22.5 Å². The summed E-state index contributed by atoms with van der Waals surface area (Å²) in [5.74, 6) is -0.157. The second kappa shape index (κ2) is 10.8. The topological polar surface area (TPSA) is 118 Å². The van der Waals surface area contributed by atoms with Crippen molar-refractivity contribution >= 4 is 56.7 Å². The van der Waals surface area contributed by atoms with Gasteiger partial charge in [-0.3, -0.25) is 19.2 Å². The van der Waals surface area contributed by atoms with Crippen LogP contribution in [0, 0.1) is 13.8 Å². The first kappa shape index (κ1) is 24.7. The van der Waals surface area contributed by atoms with Gasteiger partial charge >= 0.3 is 5.97 Å². The number of amides is 1. The van der Waals surface area contributed by atoms with Crippen molar-refractivity contribution in [2.45, 2.75) is 45.1 Å². The predicted molar refractivity (Wildman–Crippen MR) is 131 cm³/mol. The number of nitrogens with zero attached hydrogens (tertiary/aromatic N) is 1. The number of fused-ring (bicyclic) bond motifs is 1. The number of ether oxygens (including phenoxy) is 1. The van der Waals surface area contributed by atoms with Crippen molar-refractivity contribution in [3.05, 3.63) is 56.4 Å². The zero-order chi connectivity index (χ0) is 24.1. The van der Waals surface area contributed by atoms with Gasteiger partial charge in [-0.2, -0.15) is 0 Å². The molecule has 0 bridgehead atoms. The number of carbonyl (C=O) groups is 3. The van der Waals surface area contributed by atoms with Gasteiger partial charge in [-0.1, -0.05) is 6.92 Å². The van der Waals surface area contributed by atoms with Gasteiger partial charge in [0.1, 0.15) is 15.9 Å². The number of rotatable bonds is 9. The lowest BCUT2D eigenvalue weighted by molar-refractivity contribution is -0.141. The van der Waals surface area contributed by atoms with Gasteiger partial charge in [0.2, 0.25) is 5.91 Å². The standard InChI is InChI=1S/C23H25N3O5S2/c1-5-19(28)24-16-8-6-15(7-9-16)17(27)10-31-23(30)14(4)32-11-18-25-21(29)20-12(2)13(3)33-22(20)26-18/h6-9,14H,5,10-11H2,1-4H3,(H,24,28)(H,25,26,29)/t14-/m1/s1. The van der Waals surface area contributed by atoms with E-state index in [1.807, 2.05) is 13.8 Å². The van der Waals surface area contributed by atoms with E-state index in [0.29, 0.717) is 39.5 Å². The number of esters is 1. The fourth-order valence-electron chi connectivity index (χ4n) is 2.97. The average Bonchev–Trinajstić information content (AvgIpc) is 3.09. The van der Waals surface area contributed by atoms with E-state index in [2.05, 4.69) is 15.3 Å². The van der Waals surface area contributed by atoms with Crippen LogP contribution in [-0.4, -0.2) is 39.5 Å². The molecular weight excluding hydrogens is 462 g/mol. The van der Waals surface area contributed by atoms with Crippen molar-refractivity contribution in [1.29, 1.82) is 0 Å². The molecule has 0 fully saturated rings. The molecule has 0 aliphatic carbocycles. The van der Waals surface area contributed by atoms with Crippen LogP contribution in [0.15, 0.2) is 29.1 Å². The van der Waals surface area contributed by atoms with E-state index in [-0.39, 0.29) is 23.9 Å². The minimum absolute atomic E-state index is 0.116. The van der Waals surface area contributed by atoms with Crippen LogP contribution in [0.2, 0.25) is 0 Å². The van der Waals surface area contributed by atoms with Gasteiger partial charge in [-0.15, -0.1) is 23.1 Å². The second-order valence-electron chi connectivity index (χ2n) is 7.44. The zero-order valence-electron chi connectivity index (χ0n) is 18.8. The monoisotopic (exact) mass is 487 g/mol. The molecule has 2 heterocycles. The molecule has 0 saturated heterocycles. The number of thiophene rings is 1. The maximum absolute atomic E-state index is 12.4. The number of benzene rings is 1. The van der Waals surface area contributed by atoms with Crippen molar-refractivity contribution in [1.82, 2.24) is 9.97 Å². The first-order chi connectivity index (χ1) is 15.7. The van der Waals surface area contributed by atoms with Gasteiger partial charge in [0.25, 0.3) is 5.56 Å². The third kappa shape index (κ3) is 6.08. The maximum Gasteiger partial charge on any atom is 0.319 e. The SMILES string of the molecule is CCC(=O)Nc1ccc(C(=O)COC(=O)[C@@H](C)SCc2nc3sc(C)c(C)c3c(=O)[nH]2)cc1. The summed E-state index contributed by atoms with van der Waals surface area (Å²) in [5, 5.41) is 2.77. The lowest BCUT2D eigenvalue weighted by Crippen LogP contribution is -2.21. The first-order valence-corrected chi connectivity index (χ1v) is 12.3. The van der Waals surface area contributed by atoms with Crippen LogP contribution < -0.4 is 10.9 Å². The molecule has 0 spiro atoms. The summed E-state index contributed by atoms with van der Waals surface area (Å²) in [6.07, 6.45) is 0.362. The summed E-state index contributed by atoms with van der Waals surface area (Å²) in [6.45, 7) is 6.91. The van der Waals surface area contributed by atoms with Crippen LogP contribution in [0.3, 0.4) is 0 Å². The Kier molecular flexibility index (Phi) is 8.04. The lowest BCUT2D eigenvalue weighted by Gasteiger charge is -2.11. The normalized spacial score (nSPS) is 11.9. The molecular formula is C23H25N3O5S2. The number of H-pyrrole nitrogens is 1. The number of aryl methyl sites for hydroxylation is 2. The third-order valence-electron chi connectivity index (χ3n) is 5.05. The third-order valence-corrected chi connectivity index (χ3v) is 7.28. The van der Waals surface area contributed by atoms with Crippen molar-refractivity contribution in [2.24, 2.45) is 0 Å². The average molecular weight is 488 g/mol. The second-order valence-corrected chi connectivity index (χ2v) is 9.97. The molecule has 33 heavy (non-hydrogen) atoms. The predicted octanol–water partition coefficient (Wildman–Crippen LogP) is 4.00. The Morgan fingerprint density at radius 2 is 1.91 bits per heavy atom. The fraction of sp³-hybridized carbons (Fsp3) is 0.348. The minimum atomic E-state index is -0.544. The van der Waals surface area contributed by atoms with E-state index in [4.69, 9.17) is 4.74 Å². The number of nitrogens with one attached hydrogen (secondary N) is 2. The summed E-state index contributed by atoms with van der Waals surface area (Å²) in [5.41, 5.74) is 1.73. The molecule has 1 aromatic carbocycles. The Morgan fingerprint density at radius 3 is 2.58 bits per heavy atom. The molecule has 0 radical (unpaired) electrons. The molecule has 8 nitrogen and oxygen atoms in total. The summed E-state index contributed by atoms with van der Waals surface area (Å²) in [4.78, 5) is 57.4. The molecule has 10 heteroatoms. The minimum Gasteiger partial charge on any atom is -0.456 e. The smallest absolute Gasteiger partial charge is 0.319 e. The van der Waals surface area contributed by atoms with Crippen LogP contribution in [0.1, 0.15) is 46.9 Å². The van der Waals surface area contributed by atoms with E-state index in [0.717, 1.165) is 10.4 Å². The van der Waals surface area contributed by atoms with E-state index in [1.54, 1.807) is 38.1 Å². The van der Waals surface area contributed by atoms with Crippen LogP contribution in [0.5, 0.6) is 0 Å². The number of thioether (sulfide) groups is 1. The summed E-state index contributed by atoms with van der Waals surface area (Å²) in [6, 6.07) is 6.40. The molecule has 1 atom stereocenters. The number of hydrogen-bond donors (Lipinski definition) is 2. The molecule has 174 valence electrons. The Bertz CT molecular complexity index is 1250. The van der Waals surface area contributed by atoms with Crippen LogP contribution in [0.4, 0.5) is 5.69 Å². The number of anilines is 1. The highest BCUT2D eigenvalue weighted by atomic mass is 32.2. The zero-order valence-corrected chi connectivity index (χ0v) is 20.4. The molecule has 1 amide bonds. The largest absolute Gasteiger partial charge is 0.456 e. The molecule has 0 saturated carbocycles. The van der Waals surface area contributed by atoms with Crippen molar-refractivity contribution in [3.63, 3.8) is 0 Å². The fourth-order valence-corrected chi connectivity index (χ4v) is 4.76. The highest BCUT2D eigenvalue weighted by molar-refractivity contribution is 7.99. The number of Topliss-reactive ketones (excluding diaryl/α,β-unsaturated/α-hetero) is 1. The van der Waals surface area contributed by atoms with Crippen molar-refractivity contribution in [2.75, 3.05) is 11.9 Å². The van der Waals surface area contributed by atoms with Crippen molar-refractivity contribution in [3.8, 4) is 0 Å². The number of hydrogen-bond acceptors (Lipinski definition) is 8. The summed E-state index contributed by atoms with van der Waals surface area (Å²) >= 11 is 2.74.